The fourth-order valence-corrected chi connectivity index (χ4v) is 2.18. The van der Waals surface area contributed by atoms with Crippen LogP contribution >= 0.6 is 0 Å². The zero-order valence-corrected chi connectivity index (χ0v) is 13.1. The smallest absolute Gasteiger partial charge is 0.173 e. The van der Waals surface area contributed by atoms with Gasteiger partial charge in [0.1, 0.15) is 12.2 Å². The van der Waals surface area contributed by atoms with E-state index in [1.807, 2.05) is 18.5 Å². The molecule has 0 amide bonds. The second-order valence-electron chi connectivity index (χ2n) is 4.55. The van der Waals surface area contributed by atoms with Gasteiger partial charge in [0.15, 0.2) is 6.29 Å². The molecule has 0 spiro atoms. The molecule has 1 aromatic heterocycles. The molecule has 1 atom stereocenters. The monoisotopic (exact) mass is 284 g/mol. The van der Waals surface area contributed by atoms with Crippen LogP contribution in [0.5, 0.6) is 0 Å². The van der Waals surface area contributed by atoms with E-state index in [1.54, 1.807) is 6.33 Å². The SMILES string of the molecule is CCCn1ncnc1CC(NCC)C(OCC)OCC. The van der Waals surface area contributed by atoms with Crippen molar-refractivity contribution in [2.75, 3.05) is 19.8 Å². The summed E-state index contributed by atoms with van der Waals surface area (Å²) in [6.45, 7) is 11.2. The fraction of sp³-hybridized carbons (Fsp3) is 0.857. The number of nitrogens with zero attached hydrogens (tertiary/aromatic N) is 3. The van der Waals surface area contributed by atoms with E-state index >= 15 is 0 Å². The Morgan fingerprint density at radius 2 is 1.90 bits per heavy atom. The molecule has 1 rings (SSSR count). The number of rotatable bonds is 11. The first kappa shape index (κ1) is 17.1. The van der Waals surface area contributed by atoms with Gasteiger partial charge in [0.05, 0.1) is 6.04 Å². The summed E-state index contributed by atoms with van der Waals surface area (Å²) in [5.41, 5.74) is 0. The van der Waals surface area contributed by atoms with E-state index in [0.717, 1.165) is 31.8 Å². The van der Waals surface area contributed by atoms with Crippen molar-refractivity contribution in [3.05, 3.63) is 12.2 Å². The van der Waals surface area contributed by atoms with Crippen LogP contribution in [-0.4, -0.2) is 46.9 Å². The van der Waals surface area contributed by atoms with Crippen molar-refractivity contribution in [3.8, 4) is 0 Å². The number of hydrogen-bond acceptors (Lipinski definition) is 5. The van der Waals surface area contributed by atoms with Crippen LogP contribution in [0.1, 0.15) is 39.9 Å². The summed E-state index contributed by atoms with van der Waals surface area (Å²) in [5.74, 6) is 0.974. The van der Waals surface area contributed by atoms with E-state index in [9.17, 15) is 0 Å². The molecule has 0 aliphatic rings. The average Bonchev–Trinajstić information content (AvgIpc) is 2.86. The molecule has 0 aromatic carbocycles. The zero-order valence-electron chi connectivity index (χ0n) is 13.1. The summed E-state index contributed by atoms with van der Waals surface area (Å²) in [7, 11) is 0. The number of aryl methyl sites for hydroxylation is 1. The quantitative estimate of drug-likeness (QED) is 0.626. The molecule has 0 bridgehead atoms. The highest BCUT2D eigenvalue weighted by Gasteiger charge is 2.23. The van der Waals surface area contributed by atoms with Gasteiger partial charge >= 0.3 is 0 Å². The minimum atomic E-state index is -0.253. The van der Waals surface area contributed by atoms with Crippen molar-refractivity contribution in [1.29, 1.82) is 0 Å². The number of ether oxygens (including phenoxy) is 2. The first-order valence-electron chi connectivity index (χ1n) is 7.59. The standard InChI is InChI=1S/C14H28N4O2/c1-5-9-18-13(16-11-17-18)10-12(15-6-2)14(19-7-3)20-8-4/h11-12,14-15H,5-10H2,1-4H3. The van der Waals surface area contributed by atoms with Crippen LogP contribution in [0.2, 0.25) is 0 Å². The summed E-state index contributed by atoms with van der Waals surface area (Å²) < 4.78 is 13.4. The van der Waals surface area contributed by atoms with Gasteiger partial charge in [-0.05, 0) is 26.8 Å². The highest BCUT2D eigenvalue weighted by atomic mass is 16.7. The second kappa shape index (κ2) is 9.85. The lowest BCUT2D eigenvalue weighted by Gasteiger charge is -2.27. The Kier molecular flexibility index (Phi) is 8.41. The topological polar surface area (TPSA) is 61.2 Å². The molecular formula is C14H28N4O2. The maximum atomic E-state index is 5.70. The molecule has 0 aliphatic heterocycles. The Hall–Kier alpha value is -0.980. The van der Waals surface area contributed by atoms with Gasteiger partial charge in [0.25, 0.3) is 0 Å². The Labute approximate surface area is 121 Å². The lowest BCUT2D eigenvalue weighted by atomic mass is 10.2. The number of nitrogens with one attached hydrogen (secondary N) is 1. The third-order valence-electron chi connectivity index (χ3n) is 2.99. The molecule has 0 saturated heterocycles. The van der Waals surface area contributed by atoms with Crippen molar-refractivity contribution in [1.82, 2.24) is 20.1 Å². The minimum Gasteiger partial charge on any atom is -0.351 e. The highest BCUT2D eigenvalue weighted by molar-refractivity contribution is 4.91. The predicted molar refractivity (Wildman–Crippen MR) is 78.5 cm³/mol. The van der Waals surface area contributed by atoms with Gasteiger partial charge in [-0.15, -0.1) is 0 Å². The largest absolute Gasteiger partial charge is 0.351 e. The summed E-state index contributed by atoms with van der Waals surface area (Å²) in [4.78, 5) is 4.36. The molecule has 1 heterocycles. The fourth-order valence-electron chi connectivity index (χ4n) is 2.18. The molecule has 116 valence electrons. The van der Waals surface area contributed by atoms with Crippen molar-refractivity contribution >= 4 is 0 Å². The lowest BCUT2D eigenvalue weighted by molar-refractivity contribution is -0.153. The van der Waals surface area contributed by atoms with E-state index in [1.165, 1.54) is 0 Å². The number of likely N-dealkylation sites (N-methyl/N-ethyl adjacent to an activating group) is 1. The van der Waals surface area contributed by atoms with Crippen LogP contribution in [0.25, 0.3) is 0 Å². The molecule has 0 fully saturated rings. The van der Waals surface area contributed by atoms with Gasteiger partial charge in [-0.1, -0.05) is 13.8 Å². The molecule has 6 heteroatoms. The van der Waals surface area contributed by atoms with Gasteiger partial charge in [-0.3, -0.25) is 4.68 Å². The Morgan fingerprint density at radius 1 is 1.20 bits per heavy atom. The summed E-state index contributed by atoms with van der Waals surface area (Å²) in [6, 6.07) is 0.0831. The van der Waals surface area contributed by atoms with Crippen molar-refractivity contribution in [2.24, 2.45) is 0 Å². The van der Waals surface area contributed by atoms with Crippen molar-refractivity contribution in [3.63, 3.8) is 0 Å². The summed E-state index contributed by atoms with van der Waals surface area (Å²) >= 11 is 0. The van der Waals surface area contributed by atoms with Gasteiger partial charge in [-0.2, -0.15) is 5.10 Å². The zero-order chi connectivity index (χ0) is 14.8. The highest BCUT2D eigenvalue weighted by Crippen LogP contribution is 2.09. The van der Waals surface area contributed by atoms with E-state index in [-0.39, 0.29) is 12.3 Å². The summed E-state index contributed by atoms with van der Waals surface area (Å²) in [6.07, 6.45) is 3.16. The molecule has 20 heavy (non-hydrogen) atoms. The van der Waals surface area contributed by atoms with Crippen LogP contribution in [0, 0.1) is 0 Å². The molecule has 1 unspecified atom stereocenters. The van der Waals surface area contributed by atoms with E-state index in [4.69, 9.17) is 9.47 Å². The molecule has 6 nitrogen and oxygen atoms in total. The first-order valence-corrected chi connectivity index (χ1v) is 7.59. The Balaban J connectivity index is 2.75. The predicted octanol–water partition coefficient (Wildman–Crippen LogP) is 1.61. The number of aromatic nitrogens is 3. The lowest BCUT2D eigenvalue weighted by Crippen LogP contribution is -2.45. The average molecular weight is 284 g/mol. The molecule has 0 aliphatic carbocycles. The first-order chi connectivity index (χ1) is 9.76. The van der Waals surface area contributed by atoms with E-state index in [0.29, 0.717) is 13.2 Å². The van der Waals surface area contributed by atoms with Crippen LogP contribution in [0.4, 0.5) is 0 Å². The molecule has 1 aromatic rings. The third-order valence-corrected chi connectivity index (χ3v) is 2.99. The third kappa shape index (κ3) is 5.19. The van der Waals surface area contributed by atoms with Gasteiger partial charge in [-0.25, -0.2) is 4.98 Å². The van der Waals surface area contributed by atoms with Crippen LogP contribution in [-0.2, 0) is 22.4 Å². The van der Waals surface area contributed by atoms with Crippen molar-refractivity contribution in [2.45, 2.75) is 59.4 Å². The van der Waals surface area contributed by atoms with Gasteiger partial charge < -0.3 is 14.8 Å². The Morgan fingerprint density at radius 3 is 2.45 bits per heavy atom. The van der Waals surface area contributed by atoms with Crippen LogP contribution < -0.4 is 5.32 Å². The minimum absolute atomic E-state index is 0.0831. The van der Waals surface area contributed by atoms with Crippen LogP contribution in [0.3, 0.4) is 0 Å². The van der Waals surface area contributed by atoms with Gasteiger partial charge in [0, 0.05) is 26.2 Å². The number of hydrogen-bond donors (Lipinski definition) is 1. The normalized spacial score (nSPS) is 13.1. The molecular weight excluding hydrogens is 256 g/mol. The van der Waals surface area contributed by atoms with E-state index in [2.05, 4.69) is 29.2 Å². The van der Waals surface area contributed by atoms with Crippen molar-refractivity contribution < 1.29 is 9.47 Å². The summed E-state index contributed by atoms with van der Waals surface area (Å²) in [5, 5.41) is 7.70. The second-order valence-corrected chi connectivity index (χ2v) is 4.55. The Bertz CT molecular complexity index is 351. The molecule has 0 saturated carbocycles. The van der Waals surface area contributed by atoms with Crippen LogP contribution in [0.15, 0.2) is 6.33 Å². The van der Waals surface area contributed by atoms with E-state index < -0.39 is 0 Å². The maximum absolute atomic E-state index is 5.70. The molecule has 1 N–H and O–H groups in total. The molecule has 0 radical (unpaired) electrons. The maximum Gasteiger partial charge on any atom is 0.173 e. The van der Waals surface area contributed by atoms with Gasteiger partial charge in [0.2, 0.25) is 0 Å².